The first kappa shape index (κ1) is 17.3. The second-order valence-electron chi connectivity index (χ2n) is 3.24. The summed E-state index contributed by atoms with van der Waals surface area (Å²) in [4.78, 5) is 11.7. The lowest BCUT2D eigenvalue weighted by molar-refractivity contribution is -0.387. The monoisotopic (exact) mass is 356 g/mol. The number of halogens is 6. The Morgan fingerprint density at radius 3 is 2.24 bits per heavy atom. The van der Waals surface area contributed by atoms with Crippen LogP contribution in [0.25, 0.3) is 0 Å². The van der Waals surface area contributed by atoms with Crippen LogP contribution in [0.15, 0.2) is 11.1 Å². The standard InChI is InChI=1S/C7H2ClF5N2O5S/c8-21(18,19)6-3(20-7(11,12)13)1-2(15(16)17)4(14-6)5(9)10/h1,5H. The molecule has 0 aliphatic carbocycles. The Kier molecular flexibility index (Phi) is 4.57. The van der Waals surface area contributed by atoms with E-state index in [2.05, 4.69) is 9.72 Å². The molecule has 0 spiro atoms. The Morgan fingerprint density at radius 2 is 1.90 bits per heavy atom. The van der Waals surface area contributed by atoms with E-state index in [1.165, 1.54) is 0 Å². The zero-order chi connectivity index (χ0) is 16.6. The number of rotatable bonds is 4. The summed E-state index contributed by atoms with van der Waals surface area (Å²) in [6, 6.07) is -0.142. The zero-order valence-electron chi connectivity index (χ0n) is 9.27. The van der Waals surface area contributed by atoms with E-state index in [0.717, 1.165) is 0 Å². The highest BCUT2D eigenvalue weighted by molar-refractivity contribution is 8.13. The Bertz CT molecular complexity index is 677. The second kappa shape index (κ2) is 5.55. The lowest BCUT2D eigenvalue weighted by Gasteiger charge is -2.12. The van der Waals surface area contributed by atoms with E-state index in [0.29, 0.717) is 0 Å². The second-order valence-corrected chi connectivity index (χ2v) is 5.72. The molecule has 0 N–H and O–H groups in total. The van der Waals surface area contributed by atoms with E-state index >= 15 is 0 Å². The highest BCUT2D eigenvalue weighted by Gasteiger charge is 2.38. The fourth-order valence-electron chi connectivity index (χ4n) is 1.16. The molecule has 0 atom stereocenters. The largest absolute Gasteiger partial charge is 0.573 e. The Hall–Kier alpha value is -1.76. The maximum absolute atomic E-state index is 12.6. The summed E-state index contributed by atoms with van der Waals surface area (Å²) in [5.41, 5.74) is -3.21. The summed E-state index contributed by atoms with van der Waals surface area (Å²) < 4.78 is 86.7. The molecule has 0 unspecified atom stereocenters. The number of alkyl halides is 5. The molecule has 14 heteroatoms. The van der Waals surface area contributed by atoms with Crippen molar-refractivity contribution in [1.29, 1.82) is 0 Å². The van der Waals surface area contributed by atoms with Crippen LogP contribution in [0.2, 0.25) is 0 Å². The summed E-state index contributed by atoms with van der Waals surface area (Å²) in [6.45, 7) is 0. The number of nitro groups is 1. The minimum atomic E-state index is -5.45. The summed E-state index contributed by atoms with van der Waals surface area (Å²) in [5.74, 6) is -1.69. The lowest BCUT2D eigenvalue weighted by Crippen LogP contribution is -2.19. The molecule has 0 fully saturated rings. The van der Waals surface area contributed by atoms with E-state index in [1.54, 1.807) is 0 Å². The third-order valence-electron chi connectivity index (χ3n) is 1.82. The Morgan fingerprint density at radius 1 is 1.38 bits per heavy atom. The fraction of sp³-hybridized carbons (Fsp3) is 0.286. The van der Waals surface area contributed by atoms with Gasteiger partial charge in [-0.15, -0.1) is 13.2 Å². The zero-order valence-corrected chi connectivity index (χ0v) is 10.8. The van der Waals surface area contributed by atoms with E-state index in [1.807, 2.05) is 0 Å². The van der Waals surface area contributed by atoms with E-state index in [-0.39, 0.29) is 6.07 Å². The molecule has 118 valence electrons. The average Bonchev–Trinajstić information content (AvgIpc) is 2.23. The smallest absolute Gasteiger partial charge is 0.402 e. The van der Waals surface area contributed by atoms with Crippen LogP contribution in [-0.4, -0.2) is 24.7 Å². The normalized spacial score (nSPS) is 12.5. The van der Waals surface area contributed by atoms with Crippen molar-refractivity contribution in [2.24, 2.45) is 0 Å². The first-order chi connectivity index (χ1) is 9.33. The molecule has 0 aliphatic rings. The van der Waals surface area contributed by atoms with Crippen molar-refractivity contribution >= 4 is 25.4 Å². The van der Waals surface area contributed by atoms with Crippen molar-refractivity contribution in [3.8, 4) is 5.75 Å². The van der Waals surface area contributed by atoms with Crippen molar-refractivity contribution in [3.05, 3.63) is 21.9 Å². The van der Waals surface area contributed by atoms with Crippen LogP contribution in [-0.2, 0) is 9.05 Å². The fourth-order valence-corrected chi connectivity index (χ4v) is 2.04. The van der Waals surface area contributed by atoms with Gasteiger partial charge in [-0.3, -0.25) is 10.1 Å². The topological polar surface area (TPSA) is 99.4 Å². The van der Waals surface area contributed by atoms with Crippen LogP contribution in [0.5, 0.6) is 5.75 Å². The minimum absolute atomic E-state index is 0.142. The molecule has 0 amide bonds. The molecule has 1 rings (SSSR count). The van der Waals surface area contributed by atoms with Gasteiger partial charge in [0, 0.05) is 10.7 Å². The first-order valence-electron chi connectivity index (χ1n) is 4.51. The molecular formula is C7H2ClF5N2O5S. The van der Waals surface area contributed by atoms with Crippen molar-refractivity contribution in [2.45, 2.75) is 17.8 Å². The van der Waals surface area contributed by atoms with Gasteiger partial charge in [0.15, 0.2) is 11.4 Å². The predicted octanol–water partition coefficient (Wildman–Crippen LogP) is 2.75. The summed E-state index contributed by atoms with van der Waals surface area (Å²) >= 11 is 0. The highest BCUT2D eigenvalue weighted by atomic mass is 35.7. The van der Waals surface area contributed by atoms with Gasteiger partial charge in [-0.1, -0.05) is 0 Å². The van der Waals surface area contributed by atoms with Gasteiger partial charge in [0.2, 0.25) is 5.03 Å². The van der Waals surface area contributed by atoms with Crippen LogP contribution in [0.1, 0.15) is 12.1 Å². The quantitative estimate of drug-likeness (QED) is 0.356. The third-order valence-corrected chi connectivity index (χ3v) is 3.02. The maximum Gasteiger partial charge on any atom is 0.573 e. The van der Waals surface area contributed by atoms with Gasteiger partial charge in [0.1, 0.15) is 0 Å². The molecule has 21 heavy (non-hydrogen) atoms. The van der Waals surface area contributed by atoms with Gasteiger partial charge < -0.3 is 4.74 Å². The SMILES string of the molecule is O=[N+]([O-])c1cc(OC(F)(F)F)c(S(=O)(=O)Cl)nc1C(F)F. The van der Waals surface area contributed by atoms with Crippen LogP contribution < -0.4 is 4.74 Å². The van der Waals surface area contributed by atoms with E-state index in [9.17, 15) is 40.5 Å². The minimum Gasteiger partial charge on any atom is -0.402 e. The number of nitrogens with zero attached hydrogens (tertiary/aromatic N) is 2. The van der Waals surface area contributed by atoms with Gasteiger partial charge in [-0.2, -0.15) is 0 Å². The molecule has 0 aliphatic heterocycles. The summed E-state index contributed by atoms with van der Waals surface area (Å²) in [5, 5.41) is 8.81. The number of hydrogen-bond donors (Lipinski definition) is 0. The molecule has 1 aromatic rings. The molecular weight excluding hydrogens is 355 g/mol. The van der Waals surface area contributed by atoms with Crippen molar-refractivity contribution < 1.29 is 40.0 Å². The molecule has 0 saturated heterocycles. The summed E-state index contributed by atoms with van der Waals surface area (Å²) in [7, 11) is -0.275. The van der Waals surface area contributed by atoms with Gasteiger partial charge in [0.05, 0.1) is 11.0 Å². The van der Waals surface area contributed by atoms with Crippen molar-refractivity contribution in [1.82, 2.24) is 4.98 Å². The van der Waals surface area contributed by atoms with Crippen LogP contribution in [0.4, 0.5) is 27.6 Å². The van der Waals surface area contributed by atoms with Gasteiger partial charge in [0.25, 0.3) is 21.2 Å². The number of ether oxygens (including phenoxy) is 1. The molecule has 0 radical (unpaired) electrons. The molecule has 7 nitrogen and oxygen atoms in total. The highest BCUT2D eigenvalue weighted by Crippen LogP contribution is 2.37. The third kappa shape index (κ3) is 4.35. The molecule has 0 bridgehead atoms. The van der Waals surface area contributed by atoms with E-state index in [4.69, 9.17) is 10.7 Å². The Labute approximate surface area is 116 Å². The number of hydrogen-bond acceptors (Lipinski definition) is 6. The van der Waals surface area contributed by atoms with Gasteiger partial charge >= 0.3 is 6.36 Å². The van der Waals surface area contributed by atoms with E-state index < -0.39 is 48.9 Å². The van der Waals surface area contributed by atoms with Gasteiger partial charge in [-0.05, 0) is 0 Å². The molecule has 0 saturated carbocycles. The van der Waals surface area contributed by atoms with Crippen LogP contribution >= 0.6 is 10.7 Å². The number of aromatic nitrogens is 1. The van der Waals surface area contributed by atoms with Gasteiger partial charge in [-0.25, -0.2) is 22.2 Å². The average molecular weight is 357 g/mol. The first-order valence-corrected chi connectivity index (χ1v) is 6.81. The van der Waals surface area contributed by atoms with Crippen molar-refractivity contribution in [3.63, 3.8) is 0 Å². The molecule has 1 heterocycles. The van der Waals surface area contributed by atoms with Crippen molar-refractivity contribution in [2.75, 3.05) is 0 Å². The Balaban J connectivity index is 3.68. The molecule has 0 aromatic carbocycles. The van der Waals surface area contributed by atoms with Crippen LogP contribution in [0, 0.1) is 10.1 Å². The summed E-state index contributed by atoms with van der Waals surface area (Å²) in [6.07, 6.45) is -9.07. The number of pyridine rings is 1. The maximum atomic E-state index is 12.6. The van der Waals surface area contributed by atoms with Crippen LogP contribution in [0.3, 0.4) is 0 Å². The predicted molar refractivity (Wildman–Crippen MR) is 55.6 cm³/mol. The lowest BCUT2D eigenvalue weighted by atomic mass is 10.3. The molecule has 1 aromatic heterocycles.